The molecule has 1 aromatic carbocycles. The molecule has 0 atom stereocenters. The number of hydrogen-bond acceptors (Lipinski definition) is 5. The van der Waals surface area contributed by atoms with Crippen LogP contribution in [-0.4, -0.2) is 27.3 Å². The number of nitrogens with zero attached hydrogens (tertiary/aromatic N) is 3. The van der Waals surface area contributed by atoms with Crippen LogP contribution in [0.15, 0.2) is 55.0 Å². The van der Waals surface area contributed by atoms with Gasteiger partial charge in [-0.3, -0.25) is 9.48 Å². The number of aromatic nitrogens is 3. The van der Waals surface area contributed by atoms with Crippen molar-refractivity contribution in [2.45, 2.75) is 13.5 Å². The summed E-state index contributed by atoms with van der Waals surface area (Å²) in [4.78, 5) is 16.3. The van der Waals surface area contributed by atoms with Crippen LogP contribution in [-0.2, 0) is 13.6 Å². The molecule has 0 fully saturated rings. The van der Waals surface area contributed by atoms with Crippen LogP contribution in [0.25, 0.3) is 0 Å². The van der Waals surface area contributed by atoms with Crippen LogP contribution in [0.1, 0.15) is 22.8 Å². The summed E-state index contributed by atoms with van der Waals surface area (Å²) in [5, 5.41) is 6.84. The highest BCUT2D eigenvalue weighted by molar-refractivity contribution is 5.93. The standard InChI is InChI=1S/C19H20N4O3/c1-3-25-16-4-6-17(7-5-16)26-18-10-14(8-9-20-18)11-21-19(24)15-12-22-23(2)13-15/h4-10,12-13H,3,11H2,1-2H3,(H,21,24). The zero-order valence-electron chi connectivity index (χ0n) is 14.7. The average molecular weight is 352 g/mol. The van der Waals surface area contributed by atoms with E-state index in [4.69, 9.17) is 9.47 Å². The fourth-order valence-corrected chi connectivity index (χ4v) is 2.33. The van der Waals surface area contributed by atoms with E-state index in [1.54, 1.807) is 30.2 Å². The fraction of sp³-hybridized carbons (Fsp3) is 0.211. The first kappa shape index (κ1) is 17.5. The predicted molar refractivity (Wildman–Crippen MR) is 96.3 cm³/mol. The number of benzene rings is 1. The number of carbonyl (C=O) groups excluding carboxylic acids is 1. The maximum absolute atomic E-state index is 12.1. The van der Waals surface area contributed by atoms with Crippen molar-refractivity contribution in [3.8, 4) is 17.4 Å². The molecule has 0 aliphatic heterocycles. The third-order valence-corrected chi connectivity index (χ3v) is 3.58. The maximum Gasteiger partial charge on any atom is 0.254 e. The molecule has 7 heteroatoms. The molecule has 0 radical (unpaired) electrons. The molecular formula is C19H20N4O3. The van der Waals surface area contributed by atoms with Crippen molar-refractivity contribution >= 4 is 5.91 Å². The molecule has 26 heavy (non-hydrogen) atoms. The summed E-state index contributed by atoms with van der Waals surface area (Å²) in [5.41, 5.74) is 1.41. The molecule has 2 heterocycles. The van der Waals surface area contributed by atoms with E-state index in [0.717, 1.165) is 11.3 Å². The summed E-state index contributed by atoms with van der Waals surface area (Å²) in [6.07, 6.45) is 4.85. The Kier molecular flexibility index (Phi) is 5.48. The van der Waals surface area contributed by atoms with Gasteiger partial charge in [-0.05, 0) is 42.8 Å². The van der Waals surface area contributed by atoms with Crippen LogP contribution < -0.4 is 14.8 Å². The van der Waals surface area contributed by atoms with Gasteiger partial charge in [0.1, 0.15) is 11.5 Å². The molecule has 1 N–H and O–H groups in total. The van der Waals surface area contributed by atoms with Gasteiger partial charge >= 0.3 is 0 Å². The smallest absolute Gasteiger partial charge is 0.254 e. The van der Waals surface area contributed by atoms with Crippen LogP contribution in [0.5, 0.6) is 17.4 Å². The molecule has 0 bridgehead atoms. The van der Waals surface area contributed by atoms with Gasteiger partial charge in [0.25, 0.3) is 5.91 Å². The molecule has 0 aliphatic rings. The molecule has 0 spiro atoms. The van der Waals surface area contributed by atoms with Gasteiger partial charge in [0, 0.05) is 32.1 Å². The SMILES string of the molecule is CCOc1ccc(Oc2cc(CNC(=O)c3cnn(C)c3)ccn2)cc1. The molecule has 7 nitrogen and oxygen atoms in total. The first-order valence-corrected chi connectivity index (χ1v) is 8.26. The van der Waals surface area contributed by atoms with Crippen LogP contribution in [0.2, 0.25) is 0 Å². The van der Waals surface area contributed by atoms with E-state index in [1.165, 1.54) is 6.20 Å². The topological polar surface area (TPSA) is 78.3 Å². The van der Waals surface area contributed by atoms with Gasteiger partial charge in [0.05, 0.1) is 18.4 Å². The van der Waals surface area contributed by atoms with E-state index in [1.807, 2.05) is 37.3 Å². The molecule has 0 aliphatic carbocycles. The average Bonchev–Trinajstić information content (AvgIpc) is 3.08. The Morgan fingerprint density at radius 1 is 1.19 bits per heavy atom. The highest BCUT2D eigenvalue weighted by atomic mass is 16.5. The normalized spacial score (nSPS) is 10.4. The van der Waals surface area contributed by atoms with Gasteiger partial charge in [-0.25, -0.2) is 4.98 Å². The number of pyridine rings is 1. The van der Waals surface area contributed by atoms with Crippen molar-refractivity contribution in [1.82, 2.24) is 20.1 Å². The Labute approximate surface area is 151 Å². The summed E-state index contributed by atoms with van der Waals surface area (Å²) in [5.74, 6) is 1.74. The van der Waals surface area contributed by atoms with E-state index in [0.29, 0.717) is 30.3 Å². The van der Waals surface area contributed by atoms with Gasteiger partial charge in [-0.2, -0.15) is 5.10 Å². The lowest BCUT2D eigenvalue weighted by molar-refractivity contribution is 0.0950. The zero-order chi connectivity index (χ0) is 18.4. The fourth-order valence-electron chi connectivity index (χ4n) is 2.33. The first-order chi connectivity index (χ1) is 12.6. The minimum absolute atomic E-state index is 0.177. The summed E-state index contributed by atoms with van der Waals surface area (Å²) < 4.78 is 12.7. The van der Waals surface area contributed by atoms with Crippen molar-refractivity contribution in [2.24, 2.45) is 7.05 Å². The first-order valence-electron chi connectivity index (χ1n) is 8.26. The predicted octanol–water partition coefficient (Wildman–Crippen LogP) is 2.94. The van der Waals surface area contributed by atoms with Crippen molar-refractivity contribution in [1.29, 1.82) is 0 Å². The number of aryl methyl sites for hydroxylation is 1. The maximum atomic E-state index is 12.1. The van der Waals surface area contributed by atoms with Gasteiger partial charge in [0.2, 0.25) is 5.88 Å². The summed E-state index contributed by atoms with van der Waals surface area (Å²) in [6, 6.07) is 11.0. The number of amides is 1. The Hall–Kier alpha value is -3.35. The number of ether oxygens (including phenoxy) is 2. The van der Waals surface area contributed by atoms with Crippen LogP contribution in [0.4, 0.5) is 0 Å². The Bertz CT molecular complexity index is 875. The van der Waals surface area contributed by atoms with Crippen molar-refractivity contribution in [3.63, 3.8) is 0 Å². The van der Waals surface area contributed by atoms with E-state index in [-0.39, 0.29) is 5.91 Å². The molecule has 134 valence electrons. The molecule has 0 saturated heterocycles. The third-order valence-electron chi connectivity index (χ3n) is 3.58. The lowest BCUT2D eigenvalue weighted by atomic mass is 10.2. The second kappa shape index (κ2) is 8.15. The molecule has 0 saturated carbocycles. The van der Waals surface area contributed by atoms with E-state index in [2.05, 4.69) is 15.4 Å². The molecule has 2 aromatic heterocycles. The van der Waals surface area contributed by atoms with Crippen LogP contribution in [0, 0.1) is 0 Å². The highest BCUT2D eigenvalue weighted by Crippen LogP contribution is 2.23. The van der Waals surface area contributed by atoms with Crippen molar-refractivity contribution in [2.75, 3.05) is 6.61 Å². The van der Waals surface area contributed by atoms with E-state index in [9.17, 15) is 4.79 Å². The Balaban J connectivity index is 1.60. The molecule has 3 aromatic rings. The summed E-state index contributed by atoms with van der Waals surface area (Å²) in [6.45, 7) is 2.93. The second-order valence-corrected chi connectivity index (χ2v) is 5.59. The van der Waals surface area contributed by atoms with E-state index >= 15 is 0 Å². The van der Waals surface area contributed by atoms with Crippen molar-refractivity contribution < 1.29 is 14.3 Å². The third kappa shape index (κ3) is 4.60. The van der Waals surface area contributed by atoms with Gasteiger partial charge in [-0.15, -0.1) is 0 Å². The van der Waals surface area contributed by atoms with Crippen LogP contribution >= 0.6 is 0 Å². The number of hydrogen-bond donors (Lipinski definition) is 1. The zero-order valence-corrected chi connectivity index (χ0v) is 14.7. The van der Waals surface area contributed by atoms with E-state index < -0.39 is 0 Å². The Morgan fingerprint density at radius 2 is 1.96 bits per heavy atom. The summed E-state index contributed by atoms with van der Waals surface area (Å²) in [7, 11) is 1.77. The Morgan fingerprint density at radius 3 is 2.65 bits per heavy atom. The number of rotatable bonds is 7. The second-order valence-electron chi connectivity index (χ2n) is 5.59. The number of nitrogens with one attached hydrogen (secondary N) is 1. The molecule has 1 amide bonds. The van der Waals surface area contributed by atoms with Gasteiger partial charge in [-0.1, -0.05) is 0 Å². The van der Waals surface area contributed by atoms with Gasteiger partial charge in [0.15, 0.2) is 0 Å². The molecular weight excluding hydrogens is 332 g/mol. The monoisotopic (exact) mass is 352 g/mol. The summed E-state index contributed by atoms with van der Waals surface area (Å²) >= 11 is 0. The van der Waals surface area contributed by atoms with Gasteiger partial charge < -0.3 is 14.8 Å². The lowest BCUT2D eigenvalue weighted by Crippen LogP contribution is -2.22. The minimum atomic E-state index is -0.177. The highest BCUT2D eigenvalue weighted by Gasteiger charge is 2.08. The molecule has 0 unspecified atom stereocenters. The largest absolute Gasteiger partial charge is 0.494 e. The molecule has 3 rings (SSSR count). The minimum Gasteiger partial charge on any atom is -0.494 e. The van der Waals surface area contributed by atoms with Crippen molar-refractivity contribution in [3.05, 3.63) is 66.1 Å². The lowest BCUT2D eigenvalue weighted by Gasteiger charge is -2.08. The quantitative estimate of drug-likeness (QED) is 0.707. The number of carbonyl (C=O) groups is 1. The van der Waals surface area contributed by atoms with Crippen LogP contribution in [0.3, 0.4) is 0 Å².